The highest BCUT2D eigenvalue weighted by Gasteiger charge is 2.20. The van der Waals surface area contributed by atoms with Crippen LogP contribution >= 0.6 is 0 Å². The lowest BCUT2D eigenvalue weighted by molar-refractivity contribution is -0.143. The maximum atomic E-state index is 12.4. The highest BCUT2D eigenvalue weighted by Crippen LogP contribution is 2.17. The molecular weight excluding hydrogens is 875 g/mol. The van der Waals surface area contributed by atoms with Crippen molar-refractivity contribution in [3.63, 3.8) is 0 Å². The van der Waals surface area contributed by atoms with E-state index >= 15 is 0 Å². The van der Waals surface area contributed by atoms with Crippen LogP contribution in [0.3, 0.4) is 0 Å². The van der Waals surface area contributed by atoms with Gasteiger partial charge in [-0.25, -0.2) is 0 Å². The van der Waals surface area contributed by atoms with Crippen LogP contribution in [0.25, 0.3) is 0 Å². The van der Waals surface area contributed by atoms with E-state index in [-0.39, 0.29) is 18.5 Å². The second-order valence-electron chi connectivity index (χ2n) is 21.7. The SMILES string of the molecule is CCCCC/C=C\C/C=C\CCCCCCCCCCCC(=O)OCCCCCCCCCCCCCC/C=C\CCCCCCCCCCCCC(=O)NC(CO)C(O)CCCCCCCCCCC. The van der Waals surface area contributed by atoms with Crippen LogP contribution in [0, 0.1) is 0 Å². The Hall–Kier alpha value is -1.92. The summed E-state index contributed by atoms with van der Waals surface area (Å²) in [5.74, 6) is -0.0282. The molecule has 0 heterocycles. The molecule has 0 aromatic rings. The zero-order valence-corrected chi connectivity index (χ0v) is 47.7. The molecule has 0 aliphatic carbocycles. The van der Waals surface area contributed by atoms with Crippen molar-refractivity contribution in [3.8, 4) is 0 Å². The summed E-state index contributed by atoms with van der Waals surface area (Å²) in [5.41, 5.74) is 0. The summed E-state index contributed by atoms with van der Waals surface area (Å²) in [6.07, 6.45) is 76.0. The monoisotopic (exact) mass is 998 g/mol. The van der Waals surface area contributed by atoms with E-state index in [4.69, 9.17) is 4.74 Å². The standard InChI is InChI=1S/C65H123NO5/c1-3-5-7-9-11-13-14-15-16-17-26-30-33-36-39-43-47-51-55-59-65(70)71-60-56-52-48-44-40-37-34-31-28-25-23-21-19-18-20-22-24-27-29-32-35-38-42-46-50-54-58-64(69)66-62(61-67)63(68)57-53-49-45-41-12-10-8-6-4-2/h11,13,15-16,18,20,62-63,67-68H,3-10,12,14,17,19,21-61H2,1-2H3,(H,66,69)/b13-11-,16-15-,20-18-. The van der Waals surface area contributed by atoms with E-state index in [2.05, 4.69) is 55.6 Å². The molecule has 0 saturated heterocycles. The number of allylic oxidation sites excluding steroid dienone is 6. The summed E-state index contributed by atoms with van der Waals surface area (Å²) in [7, 11) is 0. The first-order valence-electron chi connectivity index (χ1n) is 31.7. The van der Waals surface area contributed by atoms with Crippen molar-refractivity contribution in [1.82, 2.24) is 5.32 Å². The first-order valence-corrected chi connectivity index (χ1v) is 31.7. The van der Waals surface area contributed by atoms with Gasteiger partial charge in [0.25, 0.3) is 0 Å². The van der Waals surface area contributed by atoms with Crippen molar-refractivity contribution >= 4 is 11.9 Å². The number of aliphatic hydroxyl groups is 2. The van der Waals surface area contributed by atoms with E-state index in [1.807, 2.05) is 0 Å². The van der Waals surface area contributed by atoms with Crippen molar-refractivity contribution < 1.29 is 24.5 Å². The Morgan fingerprint density at radius 1 is 0.394 bits per heavy atom. The molecule has 71 heavy (non-hydrogen) atoms. The highest BCUT2D eigenvalue weighted by molar-refractivity contribution is 5.76. The number of hydrogen-bond acceptors (Lipinski definition) is 5. The smallest absolute Gasteiger partial charge is 0.305 e. The number of unbranched alkanes of at least 4 members (excludes halogenated alkanes) is 42. The van der Waals surface area contributed by atoms with E-state index in [1.165, 1.54) is 257 Å². The summed E-state index contributed by atoms with van der Waals surface area (Å²) in [4.78, 5) is 24.5. The van der Waals surface area contributed by atoms with Crippen LogP contribution in [-0.2, 0) is 14.3 Å². The maximum Gasteiger partial charge on any atom is 0.305 e. The minimum Gasteiger partial charge on any atom is -0.466 e. The Bertz CT molecular complexity index is 1150. The fourth-order valence-corrected chi connectivity index (χ4v) is 9.78. The van der Waals surface area contributed by atoms with E-state index in [1.54, 1.807) is 0 Å². The lowest BCUT2D eigenvalue weighted by atomic mass is 10.0. The first kappa shape index (κ1) is 69.1. The molecule has 1 amide bonds. The second kappa shape index (κ2) is 60.6. The number of amides is 1. The van der Waals surface area contributed by atoms with Gasteiger partial charge in [-0.15, -0.1) is 0 Å². The van der Waals surface area contributed by atoms with Gasteiger partial charge >= 0.3 is 5.97 Å². The third-order valence-corrected chi connectivity index (χ3v) is 14.7. The van der Waals surface area contributed by atoms with Crippen molar-refractivity contribution in [2.75, 3.05) is 13.2 Å². The van der Waals surface area contributed by atoms with Crippen molar-refractivity contribution in [2.24, 2.45) is 0 Å². The van der Waals surface area contributed by atoms with E-state index in [0.717, 1.165) is 51.4 Å². The van der Waals surface area contributed by atoms with Gasteiger partial charge in [-0.05, 0) is 83.5 Å². The Kier molecular flexibility index (Phi) is 59.0. The molecule has 0 aromatic heterocycles. The van der Waals surface area contributed by atoms with Gasteiger partial charge in [0.2, 0.25) is 5.91 Å². The van der Waals surface area contributed by atoms with Crippen LogP contribution in [0.1, 0.15) is 341 Å². The van der Waals surface area contributed by atoms with Crippen LogP contribution in [-0.4, -0.2) is 47.4 Å². The molecule has 6 nitrogen and oxygen atoms in total. The zero-order valence-electron chi connectivity index (χ0n) is 47.7. The fourth-order valence-electron chi connectivity index (χ4n) is 9.78. The molecule has 0 aromatic carbocycles. The van der Waals surface area contributed by atoms with Crippen LogP contribution < -0.4 is 5.32 Å². The number of aliphatic hydroxyl groups excluding tert-OH is 2. The van der Waals surface area contributed by atoms with Gasteiger partial charge < -0.3 is 20.3 Å². The number of rotatable bonds is 59. The zero-order chi connectivity index (χ0) is 51.4. The van der Waals surface area contributed by atoms with Crippen molar-refractivity contribution in [3.05, 3.63) is 36.5 Å². The lowest BCUT2D eigenvalue weighted by Gasteiger charge is -2.22. The number of carbonyl (C=O) groups excluding carboxylic acids is 2. The van der Waals surface area contributed by atoms with Gasteiger partial charge in [0.1, 0.15) is 0 Å². The minimum absolute atomic E-state index is 0.0105. The van der Waals surface area contributed by atoms with E-state index < -0.39 is 12.1 Å². The van der Waals surface area contributed by atoms with Crippen LogP contribution in [0.5, 0.6) is 0 Å². The predicted octanol–water partition coefficient (Wildman–Crippen LogP) is 20.0. The normalized spacial score (nSPS) is 12.8. The third-order valence-electron chi connectivity index (χ3n) is 14.7. The molecular formula is C65H123NO5. The molecule has 0 fully saturated rings. The molecule has 0 saturated carbocycles. The topological polar surface area (TPSA) is 95.9 Å². The molecule has 0 aliphatic heterocycles. The first-order chi connectivity index (χ1) is 35.0. The number of hydrogen-bond donors (Lipinski definition) is 3. The van der Waals surface area contributed by atoms with Crippen molar-refractivity contribution in [2.45, 2.75) is 353 Å². The summed E-state index contributed by atoms with van der Waals surface area (Å²) in [6.45, 7) is 4.92. The highest BCUT2D eigenvalue weighted by atomic mass is 16.5. The Morgan fingerprint density at radius 3 is 1.11 bits per heavy atom. The second-order valence-corrected chi connectivity index (χ2v) is 21.7. The molecule has 6 heteroatoms. The van der Waals surface area contributed by atoms with Crippen LogP contribution in [0.15, 0.2) is 36.5 Å². The molecule has 0 aliphatic rings. The van der Waals surface area contributed by atoms with Crippen LogP contribution in [0.2, 0.25) is 0 Å². The summed E-state index contributed by atoms with van der Waals surface area (Å²) in [5, 5.41) is 23.1. The Labute approximate surface area is 443 Å². The van der Waals surface area contributed by atoms with Gasteiger partial charge in [0, 0.05) is 12.8 Å². The van der Waals surface area contributed by atoms with Crippen molar-refractivity contribution in [1.29, 1.82) is 0 Å². The number of carbonyl (C=O) groups is 2. The lowest BCUT2D eigenvalue weighted by Crippen LogP contribution is -2.45. The molecule has 0 rings (SSSR count). The largest absolute Gasteiger partial charge is 0.466 e. The van der Waals surface area contributed by atoms with E-state index in [9.17, 15) is 19.8 Å². The molecule has 0 radical (unpaired) electrons. The van der Waals surface area contributed by atoms with Gasteiger partial charge in [0.05, 0.1) is 25.4 Å². The van der Waals surface area contributed by atoms with Crippen LogP contribution in [0.4, 0.5) is 0 Å². The van der Waals surface area contributed by atoms with Gasteiger partial charge in [-0.3, -0.25) is 9.59 Å². The maximum absolute atomic E-state index is 12.4. The fraction of sp³-hybridized carbons (Fsp3) is 0.877. The molecule has 2 unspecified atom stereocenters. The molecule has 2 atom stereocenters. The quantitative estimate of drug-likeness (QED) is 0.0321. The average Bonchev–Trinajstić information content (AvgIpc) is 3.37. The number of nitrogens with one attached hydrogen (secondary N) is 1. The predicted molar refractivity (Wildman–Crippen MR) is 310 cm³/mol. The van der Waals surface area contributed by atoms with Gasteiger partial charge in [0.15, 0.2) is 0 Å². The third kappa shape index (κ3) is 57.2. The molecule has 3 N–H and O–H groups in total. The van der Waals surface area contributed by atoms with Gasteiger partial charge in [-0.2, -0.15) is 0 Å². The summed E-state index contributed by atoms with van der Waals surface area (Å²) in [6, 6.07) is -0.541. The Morgan fingerprint density at radius 2 is 0.704 bits per heavy atom. The molecule has 418 valence electrons. The molecule has 0 spiro atoms. The number of esters is 1. The average molecular weight is 999 g/mol. The molecule has 0 bridgehead atoms. The summed E-state index contributed by atoms with van der Waals surface area (Å²) >= 11 is 0. The minimum atomic E-state index is -0.663. The van der Waals surface area contributed by atoms with Gasteiger partial charge in [-0.1, -0.05) is 281 Å². The Balaban J connectivity index is 3.35. The van der Waals surface area contributed by atoms with E-state index in [0.29, 0.717) is 25.9 Å². The number of ether oxygens (including phenoxy) is 1. The summed E-state index contributed by atoms with van der Waals surface area (Å²) < 4.78 is 5.50.